The number of hydrogen-bond donors (Lipinski definition) is 1. The van der Waals surface area contributed by atoms with Crippen molar-refractivity contribution in [1.82, 2.24) is 3.97 Å². The van der Waals surface area contributed by atoms with Gasteiger partial charge in [-0.3, -0.25) is 5.41 Å². The Labute approximate surface area is 216 Å². The van der Waals surface area contributed by atoms with Crippen molar-refractivity contribution in [3.8, 4) is 0 Å². The maximum atomic E-state index is 15.6. The van der Waals surface area contributed by atoms with Gasteiger partial charge in [0.25, 0.3) is 10.0 Å². The Morgan fingerprint density at radius 3 is 2.42 bits per heavy atom. The molecule has 0 radical (unpaired) electrons. The van der Waals surface area contributed by atoms with E-state index in [4.69, 9.17) is 5.41 Å². The minimum absolute atomic E-state index is 0.0471. The van der Waals surface area contributed by atoms with Crippen LogP contribution in [0.4, 0.5) is 8.78 Å². The Hall–Kier alpha value is -2.95. The van der Waals surface area contributed by atoms with Gasteiger partial charge in [0, 0.05) is 34.5 Å². The van der Waals surface area contributed by atoms with Crippen LogP contribution in [0.1, 0.15) is 24.5 Å². The number of ketones is 1. The molecule has 0 unspecified atom stereocenters. The zero-order valence-corrected chi connectivity index (χ0v) is 21.9. The molecule has 4 aromatic rings. The van der Waals surface area contributed by atoms with Gasteiger partial charge < -0.3 is 4.79 Å². The van der Waals surface area contributed by atoms with E-state index >= 15 is 4.39 Å². The first-order chi connectivity index (χ1) is 17.1. The van der Waals surface area contributed by atoms with Crippen molar-refractivity contribution in [2.24, 2.45) is 0 Å². The molecule has 36 heavy (non-hydrogen) atoms. The van der Waals surface area contributed by atoms with Crippen molar-refractivity contribution in [2.75, 3.05) is 6.26 Å². The minimum atomic E-state index is -3.97. The third kappa shape index (κ3) is 5.11. The molecule has 0 aliphatic heterocycles. The van der Waals surface area contributed by atoms with Gasteiger partial charge in [0.05, 0.1) is 20.4 Å². The summed E-state index contributed by atoms with van der Waals surface area (Å²) in [5.41, 5.74) is 0.778. The number of aromatic nitrogens is 1. The van der Waals surface area contributed by atoms with Crippen molar-refractivity contribution >= 4 is 55.3 Å². The standard InChI is InChI=1S/C26H22F2N2O3S3/c1-16(31)8-10-20-19-12-13-30(36(32,33)18-6-4-3-5-7-18)24(19)15-23(28)25(20)35-17-9-11-22(27)21(14-17)26(29)34-2/h3-7,9,11-15,29H,8,10H2,1-2H3. The topological polar surface area (TPSA) is 80.0 Å². The SMILES string of the molecule is CSC(=N)c1cc(Sc2c(F)cc3c(ccn3S(=O)(=O)c3ccccc3)c2CCC(C)=O)ccc1F. The second-order valence-corrected chi connectivity index (χ2v) is 11.7. The second kappa shape index (κ2) is 10.6. The van der Waals surface area contributed by atoms with Crippen molar-refractivity contribution in [3.05, 3.63) is 89.6 Å². The van der Waals surface area contributed by atoms with Crippen LogP contribution in [-0.2, 0) is 21.2 Å². The fourth-order valence-corrected chi connectivity index (χ4v) is 6.60. The number of fused-ring (bicyclic) bond motifs is 1. The first-order valence-corrected chi connectivity index (χ1v) is 14.3. The zero-order chi connectivity index (χ0) is 26.0. The molecule has 0 aliphatic carbocycles. The molecule has 1 aromatic heterocycles. The highest BCUT2D eigenvalue weighted by atomic mass is 32.2. The van der Waals surface area contributed by atoms with E-state index in [1.54, 1.807) is 30.5 Å². The van der Waals surface area contributed by atoms with Gasteiger partial charge in [-0.25, -0.2) is 21.2 Å². The molecule has 5 nitrogen and oxygen atoms in total. The third-order valence-electron chi connectivity index (χ3n) is 5.60. The van der Waals surface area contributed by atoms with Crippen LogP contribution in [0.3, 0.4) is 0 Å². The van der Waals surface area contributed by atoms with Gasteiger partial charge in [-0.1, -0.05) is 30.0 Å². The van der Waals surface area contributed by atoms with E-state index in [0.29, 0.717) is 15.8 Å². The van der Waals surface area contributed by atoms with E-state index in [9.17, 15) is 17.6 Å². The summed E-state index contributed by atoms with van der Waals surface area (Å²) < 4.78 is 57.4. The molecule has 0 aliphatic rings. The summed E-state index contributed by atoms with van der Waals surface area (Å²) in [5, 5.41) is 8.54. The van der Waals surface area contributed by atoms with E-state index in [1.807, 2.05) is 0 Å². The Kier molecular flexibility index (Phi) is 7.67. The van der Waals surface area contributed by atoms with E-state index in [2.05, 4.69) is 0 Å². The molecular formula is C26H22F2N2O3S3. The van der Waals surface area contributed by atoms with Crippen LogP contribution in [0, 0.1) is 17.0 Å². The molecule has 0 bridgehead atoms. The van der Waals surface area contributed by atoms with Gasteiger partial charge in [0.1, 0.15) is 17.4 Å². The van der Waals surface area contributed by atoms with Crippen molar-refractivity contribution in [3.63, 3.8) is 0 Å². The lowest BCUT2D eigenvalue weighted by Gasteiger charge is -2.14. The van der Waals surface area contributed by atoms with Crippen LogP contribution in [-0.4, -0.2) is 29.5 Å². The number of Topliss-reactive ketones (excluding diaryl/α,β-unsaturated/α-hetero) is 1. The molecule has 0 atom stereocenters. The highest BCUT2D eigenvalue weighted by Crippen LogP contribution is 2.39. The number of nitrogens with zero attached hydrogens (tertiary/aromatic N) is 1. The number of rotatable bonds is 8. The quantitative estimate of drug-likeness (QED) is 0.202. The van der Waals surface area contributed by atoms with Gasteiger partial charge in [0.15, 0.2) is 0 Å². The molecular weight excluding hydrogens is 522 g/mol. The number of halogens is 2. The first kappa shape index (κ1) is 26.1. The average Bonchev–Trinajstić information content (AvgIpc) is 3.29. The number of aryl methyl sites for hydroxylation is 1. The number of hydrogen-bond acceptors (Lipinski definition) is 6. The zero-order valence-electron chi connectivity index (χ0n) is 19.4. The Bertz CT molecular complexity index is 1580. The Morgan fingerprint density at radius 1 is 1.03 bits per heavy atom. The third-order valence-corrected chi connectivity index (χ3v) is 9.07. The summed E-state index contributed by atoms with van der Waals surface area (Å²) in [6, 6.07) is 14.9. The summed E-state index contributed by atoms with van der Waals surface area (Å²) in [5.74, 6) is -1.29. The molecule has 1 heterocycles. The highest BCUT2D eigenvalue weighted by Gasteiger charge is 2.23. The molecule has 0 fully saturated rings. The van der Waals surface area contributed by atoms with Crippen molar-refractivity contribution in [1.29, 1.82) is 5.41 Å². The number of thioether (sulfide) groups is 1. The normalized spacial score (nSPS) is 11.7. The molecule has 3 aromatic carbocycles. The lowest BCUT2D eigenvalue weighted by atomic mass is 10.0. The van der Waals surface area contributed by atoms with Gasteiger partial charge >= 0.3 is 0 Å². The lowest BCUT2D eigenvalue weighted by Crippen LogP contribution is -2.12. The fourth-order valence-electron chi connectivity index (χ4n) is 3.82. The summed E-state index contributed by atoms with van der Waals surface area (Å²) in [7, 11) is -3.97. The predicted molar refractivity (Wildman–Crippen MR) is 141 cm³/mol. The maximum Gasteiger partial charge on any atom is 0.268 e. The van der Waals surface area contributed by atoms with Gasteiger partial charge in [0.2, 0.25) is 0 Å². The number of benzene rings is 3. The van der Waals surface area contributed by atoms with Crippen molar-refractivity contribution in [2.45, 2.75) is 34.5 Å². The monoisotopic (exact) mass is 544 g/mol. The second-order valence-electron chi connectivity index (χ2n) is 8.01. The van der Waals surface area contributed by atoms with E-state index in [-0.39, 0.29) is 44.5 Å². The van der Waals surface area contributed by atoms with Crippen LogP contribution in [0.25, 0.3) is 10.9 Å². The number of carbonyl (C=O) groups is 1. The van der Waals surface area contributed by atoms with E-state index in [0.717, 1.165) is 27.5 Å². The first-order valence-electron chi connectivity index (χ1n) is 10.9. The predicted octanol–water partition coefficient (Wildman–Crippen LogP) is 6.52. The Morgan fingerprint density at radius 2 is 1.75 bits per heavy atom. The number of carbonyl (C=O) groups excluding carboxylic acids is 1. The summed E-state index contributed by atoms with van der Waals surface area (Å²) in [6.07, 6.45) is 3.40. The molecule has 4 rings (SSSR count). The maximum absolute atomic E-state index is 15.6. The molecule has 0 saturated heterocycles. The Balaban J connectivity index is 1.87. The molecule has 10 heteroatoms. The smallest absolute Gasteiger partial charge is 0.268 e. The van der Waals surface area contributed by atoms with E-state index < -0.39 is 21.7 Å². The molecule has 1 N–H and O–H groups in total. The molecule has 0 amide bonds. The summed E-state index contributed by atoms with van der Waals surface area (Å²) in [4.78, 5) is 12.6. The minimum Gasteiger partial charge on any atom is -0.300 e. The van der Waals surface area contributed by atoms with Gasteiger partial charge in [-0.05, 0) is 61.6 Å². The molecule has 186 valence electrons. The van der Waals surface area contributed by atoms with Crippen LogP contribution in [0.2, 0.25) is 0 Å². The van der Waals surface area contributed by atoms with E-state index in [1.165, 1.54) is 49.5 Å². The fraction of sp³-hybridized carbons (Fsp3) is 0.154. The summed E-state index contributed by atoms with van der Waals surface area (Å²) >= 11 is 2.15. The van der Waals surface area contributed by atoms with Crippen LogP contribution in [0.15, 0.2) is 81.5 Å². The molecule has 0 saturated carbocycles. The average molecular weight is 545 g/mol. The van der Waals surface area contributed by atoms with Gasteiger partial charge in [-0.2, -0.15) is 0 Å². The highest BCUT2D eigenvalue weighted by molar-refractivity contribution is 8.13. The van der Waals surface area contributed by atoms with Crippen LogP contribution < -0.4 is 0 Å². The molecule has 0 spiro atoms. The number of nitrogens with one attached hydrogen (secondary N) is 1. The van der Waals surface area contributed by atoms with Gasteiger partial charge in [-0.15, -0.1) is 11.8 Å². The van der Waals surface area contributed by atoms with Crippen molar-refractivity contribution < 1.29 is 22.0 Å². The van der Waals surface area contributed by atoms with Crippen LogP contribution in [0.5, 0.6) is 0 Å². The summed E-state index contributed by atoms with van der Waals surface area (Å²) in [6.45, 7) is 1.44. The lowest BCUT2D eigenvalue weighted by molar-refractivity contribution is -0.116. The van der Waals surface area contributed by atoms with Crippen LogP contribution >= 0.6 is 23.5 Å². The largest absolute Gasteiger partial charge is 0.300 e.